The molecule has 6 heteroatoms. The van der Waals surface area contributed by atoms with Gasteiger partial charge in [-0.15, -0.1) is 0 Å². The average molecular weight is 189 g/mol. The van der Waals surface area contributed by atoms with Gasteiger partial charge in [-0.3, -0.25) is 4.68 Å². The minimum absolute atomic E-state index is 0.146. The van der Waals surface area contributed by atoms with Crippen LogP contribution in [0.1, 0.15) is 12.5 Å². The molecule has 0 amide bonds. The number of hydrogen-bond donors (Lipinski definition) is 1. The first kappa shape index (κ1) is 9.21. The molecule has 0 unspecified atom stereocenters. The highest BCUT2D eigenvalue weighted by Gasteiger charge is 2.06. The summed E-state index contributed by atoms with van der Waals surface area (Å²) in [6.45, 7) is 2.65. The Morgan fingerprint density at radius 2 is 2.33 bits per heavy atom. The van der Waals surface area contributed by atoms with Crippen molar-refractivity contribution in [2.24, 2.45) is 5.14 Å². The molecular formula is C6H11N3O2S. The van der Waals surface area contributed by atoms with Crippen molar-refractivity contribution in [3.63, 3.8) is 0 Å². The van der Waals surface area contributed by atoms with E-state index >= 15 is 0 Å². The summed E-state index contributed by atoms with van der Waals surface area (Å²) in [4.78, 5) is 0. The van der Waals surface area contributed by atoms with Gasteiger partial charge in [-0.05, 0) is 6.92 Å². The molecule has 0 spiro atoms. The van der Waals surface area contributed by atoms with E-state index in [2.05, 4.69) is 5.10 Å². The Labute approximate surface area is 71.2 Å². The summed E-state index contributed by atoms with van der Waals surface area (Å²) in [6.07, 6.45) is 3.18. The maximum atomic E-state index is 10.6. The van der Waals surface area contributed by atoms with Crippen molar-refractivity contribution in [2.75, 3.05) is 0 Å². The molecule has 0 aromatic carbocycles. The van der Waals surface area contributed by atoms with Gasteiger partial charge in [-0.25, -0.2) is 13.6 Å². The molecule has 0 atom stereocenters. The van der Waals surface area contributed by atoms with Crippen LogP contribution in [0.25, 0.3) is 0 Å². The second-order valence-electron chi connectivity index (χ2n) is 2.51. The minimum atomic E-state index is -3.43. The van der Waals surface area contributed by atoms with Gasteiger partial charge in [0.2, 0.25) is 10.0 Å². The molecule has 0 fully saturated rings. The zero-order valence-electron chi connectivity index (χ0n) is 6.77. The molecule has 68 valence electrons. The van der Waals surface area contributed by atoms with Crippen molar-refractivity contribution in [1.29, 1.82) is 0 Å². The third-order valence-corrected chi connectivity index (χ3v) is 2.11. The van der Waals surface area contributed by atoms with Gasteiger partial charge in [0.05, 0.1) is 11.9 Å². The largest absolute Gasteiger partial charge is 0.273 e. The van der Waals surface area contributed by atoms with Crippen molar-refractivity contribution in [1.82, 2.24) is 9.78 Å². The van der Waals surface area contributed by atoms with E-state index < -0.39 is 10.0 Å². The van der Waals surface area contributed by atoms with Gasteiger partial charge in [0.25, 0.3) is 0 Å². The molecule has 1 aromatic rings. The van der Waals surface area contributed by atoms with Crippen molar-refractivity contribution in [3.8, 4) is 0 Å². The van der Waals surface area contributed by atoms with Crippen molar-refractivity contribution in [2.45, 2.75) is 19.2 Å². The lowest BCUT2D eigenvalue weighted by Crippen LogP contribution is -2.14. The average Bonchev–Trinajstić information content (AvgIpc) is 2.32. The summed E-state index contributed by atoms with van der Waals surface area (Å²) in [5, 5.41) is 8.77. The quantitative estimate of drug-likeness (QED) is 0.708. The van der Waals surface area contributed by atoms with E-state index in [1.165, 1.54) is 6.20 Å². The van der Waals surface area contributed by atoms with Crippen LogP contribution in [0.2, 0.25) is 0 Å². The third-order valence-electron chi connectivity index (χ3n) is 1.38. The Morgan fingerprint density at radius 3 is 2.75 bits per heavy atom. The molecule has 1 rings (SSSR count). The van der Waals surface area contributed by atoms with Gasteiger partial charge in [0.15, 0.2) is 0 Å². The van der Waals surface area contributed by atoms with Crippen LogP contribution >= 0.6 is 0 Å². The minimum Gasteiger partial charge on any atom is -0.273 e. The van der Waals surface area contributed by atoms with Crippen LogP contribution in [-0.2, 0) is 22.3 Å². The Bertz CT molecular complexity index is 355. The third kappa shape index (κ3) is 2.63. The molecule has 0 saturated heterocycles. The van der Waals surface area contributed by atoms with Gasteiger partial charge in [0, 0.05) is 18.3 Å². The Morgan fingerprint density at radius 1 is 1.67 bits per heavy atom. The van der Waals surface area contributed by atoms with Gasteiger partial charge >= 0.3 is 0 Å². The Hall–Kier alpha value is -0.880. The van der Waals surface area contributed by atoms with Crippen LogP contribution in [0.4, 0.5) is 0 Å². The number of nitrogens with zero attached hydrogens (tertiary/aromatic N) is 2. The SMILES string of the molecule is CCn1cc(CS(N)(=O)=O)cn1. The van der Waals surface area contributed by atoms with E-state index in [-0.39, 0.29) is 5.75 Å². The summed E-state index contributed by atoms with van der Waals surface area (Å²) in [5.74, 6) is -0.146. The van der Waals surface area contributed by atoms with E-state index in [0.29, 0.717) is 5.56 Å². The molecule has 1 aromatic heterocycles. The van der Waals surface area contributed by atoms with Crippen molar-refractivity contribution in [3.05, 3.63) is 18.0 Å². The highest BCUT2D eigenvalue weighted by molar-refractivity contribution is 7.88. The van der Waals surface area contributed by atoms with Gasteiger partial charge in [0.1, 0.15) is 0 Å². The first-order valence-corrected chi connectivity index (χ1v) is 5.24. The maximum absolute atomic E-state index is 10.6. The summed E-state index contributed by atoms with van der Waals surface area (Å²) in [6, 6.07) is 0. The fourth-order valence-corrected chi connectivity index (χ4v) is 1.50. The van der Waals surface area contributed by atoms with E-state index in [4.69, 9.17) is 5.14 Å². The molecule has 0 aliphatic heterocycles. The zero-order chi connectivity index (χ0) is 9.19. The molecule has 1 heterocycles. The smallest absolute Gasteiger partial charge is 0.213 e. The van der Waals surface area contributed by atoms with E-state index in [1.807, 2.05) is 6.92 Å². The van der Waals surface area contributed by atoms with Crippen LogP contribution < -0.4 is 5.14 Å². The van der Waals surface area contributed by atoms with Crippen molar-refractivity contribution < 1.29 is 8.42 Å². The second-order valence-corrected chi connectivity index (χ2v) is 4.13. The van der Waals surface area contributed by atoms with Gasteiger partial charge in [-0.2, -0.15) is 5.10 Å². The Kier molecular flexibility index (Phi) is 2.49. The van der Waals surface area contributed by atoms with Crippen LogP contribution in [0.3, 0.4) is 0 Å². The fourth-order valence-electron chi connectivity index (χ4n) is 0.886. The lowest BCUT2D eigenvalue weighted by Gasteiger charge is -1.92. The highest BCUT2D eigenvalue weighted by atomic mass is 32.2. The molecule has 5 nitrogen and oxygen atoms in total. The van der Waals surface area contributed by atoms with E-state index in [1.54, 1.807) is 10.9 Å². The number of primary sulfonamides is 1. The normalized spacial score (nSPS) is 11.8. The molecule has 12 heavy (non-hydrogen) atoms. The van der Waals surface area contributed by atoms with Gasteiger partial charge in [-0.1, -0.05) is 0 Å². The first-order chi connectivity index (χ1) is 5.51. The van der Waals surface area contributed by atoms with Crippen LogP contribution in [0.5, 0.6) is 0 Å². The predicted molar refractivity (Wildman–Crippen MR) is 44.7 cm³/mol. The number of hydrogen-bond acceptors (Lipinski definition) is 3. The van der Waals surface area contributed by atoms with Crippen LogP contribution in [0.15, 0.2) is 12.4 Å². The summed E-state index contributed by atoms with van der Waals surface area (Å²) >= 11 is 0. The van der Waals surface area contributed by atoms with E-state index in [9.17, 15) is 8.42 Å². The number of nitrogens with two attached hydrogens (primary N) is 1. The molecule has 0 radical (unpaired) electrons. The molecule has 0 bridgehead atoms. The standard InChI is InChI=1S/C6H11N3O2S/c1-2-9-4-6(3-8-9)5-12(7,10)11/h3-4H,2,5H2,1H3,(H2,7,10,11). The molecule has 2 N–H and O–H groups in total. The Balaban J connectivity index is 2.78. The number of aromatic nitrogens is 2. The summed E-state index contributed by atoms with van der Waals surface area (Å²) < 4.78 is 22.9. The molecular weight excluding hydrogens is 178 g/mol. The molecule has 0 aliphatic carbocycles. The number of sulfonamides is 1. The zero-order valence-corrected chi connectivity index (χ0v) is 7.58. The fraction of sp³-hybridized carbons (Fsp3) is 0.500. The lowest BCUT2D eigenvalue weighted by molar-refractivity contribution is 0.597. The maximum Gasteiger partial charge on any atom is 0.213 e. The lowest BCUT2D eigenvalue weighted by atomic mass is 10.4. The number of rotatable bonds is 3. The van der Waals surface area contributed by atoms with Crippen LogP contribution in [0, 0.1) is 0 Å². The monoisotopic (exact) mass is 189 g/mol. The van der Waals surface area contributed by atoms with Crippen molar-refractivity contribution >= 4 is 10.0 Å². The molecule has 0 aliphatic rings. The topological polar surface area (TPSA) is 78.0 Å². The van der Waals surface area contributed by atoms with E-state index in [0.717, 1.165) is 6.54 Å². The van der Waals surface area contributed by atoms with Crippen LogP contribution in [-0.4, -0.2) is 18.2 Å². The predicted octanol–water partition coefficient (Wildman–Crippen LogP) is -0.308. The summed E-state index contributed by atoms with van der Waals surface area (Å²) in [7, 11) is -3.43. The highest BCUT2D eigenvalue weighted by Crippen LogP contribution is 2.01. The number of aryl methyl sites for hydroxylation is 1. The first-order valence-electron chi connectivity index (χ1n) is 3.53. The van der Waals surface area contributed by atoms with Gasteiger partial charge < -0.3 is 0 Å². The summed E-state index contributed by atoms with van der Waals surface area (Å²) in [5.41, 5.74) is 0.624. The second kappa shape index (κ2) is 3.24. The molecule has 0 saturated carbocycles.